The highest BCUT2D eigenvalue weighted by Crippen LogP contribution is 2.19. The van der Waals surface area contributed by atoms with E-state index in [0.717, 1.165) is 40.6 Å². The molecule has 31 heavy (non-hydrogen) atoms. The number of carbonyl (C=O) groups is 2. The van der Waals surface area contributed by atoms with E-state index in [1.54, 1.807) is 10.6 Å². The normalized spacial score (nSPS) is 12.0. The molecule has 0 spiro atoms. The monoisotopic (exact) mass is 423 g/mol. The molecule has 0 unspecified atom stereocenters. The maximum Gasteiger partial charge on any atom is 0.328 e. The Balaban J connectivity index is 1.90. The number of amides is 1. The lowest BCUT2D eigenvalue weighted by Crippen LogP contribution is -2.45. The van der Waals surface area contributed by atoms with E-state index in [-0.39, 0.29) is 17.5 Å². The molecule has 0 saturated heterocycles. The number of ether oxygens (including phenoxy) is 1. The molecule has 7 heteroatoms. The second-order valence-electron chi connectivity index (χ2n) is 7.75. The number of esters is 1. The SMILES string of the molecule is CCCCn1c(C)c(C)cc(C(=O)N[C@@H](Cc2c[nH]c3ccccc23)C(=O)OC)c1=O. The minimum Gasteiger partial charge on any atom is -0.467 e. The third kappa shape index (κ3) is 4.71. The van der Waals surface area contributed by atoms with Gasteiger partial charge >= 0.3 is 5.97 Å². The van der Waals surface area contributed by atoms with E-state index >= 15 is 0 Å². The Morgan fingerprint density at radius 2 is 1.97 bits per heavy atom. The van der Waals surface area contributed by atoms with E-state index in [0.29, 0.717) is 6.54 Å². The van der Waals surface area contributed by atoms with Gasteiger partial charge in [-0.05, 0) is 43.5 Å². The Morgan fingerprint density at radius 3 is 2.68 bits per heavy atom. The number of fused-ring (bicyclic) bond motifs is 1. The number of para-hydroxylation sites is 1. The molecular weight excluding hydrogens is 394 g/mol. The van der Waals surface area contributed by atoms with Crippen LogP contribution in [0.15, 0.2) is 41.3 Å². The number of aryl methyl sites for hydroxylation is 1. The Bertz CT molecular complexity index is 1160. The highest BCUT2D eigenvalue weighted by atomic mass is 16.5. The Labute approximate surface area is 181 Å². The molecule has 2 N–H and O–H groups in total. The molecule has 2 heterocycles. The number of unbranched alkanes of at least 4 members (excludes halogenated alkanes) is 1. The molecule has 0 aliphatic rings. The zero-order valence-corrected chi connectivity index (χ0v) is 18.5. The molecule has 7 nitrogen and oxygen atoms in total. The van der Waals surface area contributed by atoms with Crippen molar-refractivity contribution in [2.24, 2.45) is 0 Å². The summed E-state index contributed by atoms with van der Waals surface area (Å²) < 4.78 is 6.55. The van der Waals surface area contributed by atoms with E-state index in [1.807, 2.05) is 44.3 Å². The van der Waals surface area contributed by atoms with Crippen LogP contribution in [-0.4, -0.2) is 34.6 Å². The summed E-state index contributed by atoms with van der Waals surface area (Å²) in [5, 5.41) is 3.69. The minimum absolute atomic E-state index is 0.0343. The third-order valence-electron chi connectivity index (χ3n) is 5.68. The van der Waals surface area contributed by atoms with E-state index in [1.165, 1.54) is 7.11 Å². The quantitative estimate of drug-likeness (QED) is 0.544. The second kappa shape index (κ2) is 9.64. The minimum atomic E-state index is -0.915. The van der Waals surface area contributed by atoms with Gasteiger partial charge in [0, 0.05) is 35.8 Å². The molecule has 0 aliphatic heterocycles. The summed E-state index contributed by atoms with van der Waals surface area (Å²) >= 11 is 0. The number of aromatic nitrogens is 2. The zero-order chi connectivity index (χ0) is 22.5. The van der Waals surface area contributed by atoms with Crippen LogP contribution in [0.2, 0.25) is 0 Å². The van der Waals surface area contributed by atoms with Crippen molar-refractivity contribution in [3.63, 3.8) is 0 Å². The van der Waals surface area contributed by atoms with Crippen molar-refractivity contribution in [1.29, 1.82) is 0 Å². The lowest BCUT2D eigenvalue weighted by molar-refractivity contribution is -0.142. The maximum atomic E-state index is 13.0. The maximum absolute atomic E-state index is 13.0. The van der Waals surface area contributed by atoms with Crippen LogP contribution < -0.4 is 10.9 Å². The number of nitrogens with zero attached hydrogens (tertiary/aromatic N) is 1. The smallest absolute Gasteiger partial charge is 0.328 e. The van der Waals surface area contributed by atoms with Gasteiger partial charge in [0.1, 0.15) is 11.6 Å². The number of benzene rings is 1. The molecule has 0 saturated carbocycles. The van der Waals surface area contributed by atoms with Crippen molar-refractivity contribution < 1.29 is 14.3 Å². The van der Waals surface area contributed by atoms with Gasteiger partial charge in [-0.1, -0.05) is 31.5 Å². The van der Waals surface area contributed by atoms with Crippen LogP contribution in [0.3, 0.4) is 0 Å². The fourth-order valence-corrected chi connectivity index (χ4v) is 3.73. The average molecular weight is 424 g/mol. The molecule has 164 valence electrons. The van der Waals surface area contributed by atoms with Crippen molar-refractivity contribution >= 4 is 22.8 Å². The summed E-state index contributed by atoms with van der Waals surface area (Å²) in [7, 11) is 1.28. The van der Waals surface area contributed by atoms with Crippen LogP contribution in [0.25, 0.3) is 10.9 Å². The Kier molecular flexibility index (Phi) is 6.95. The van der Waals surface area contributed by atoms with Gasteiger partial charge < -0.3 is 19.6 Å². The van der Waals surface area contributed by atoms with Gasteiger partial charge in [0.05, 0.1) is 7.11 Å². The van der Waals surface area contributed by atoms with Crippen molar-refractivity contribution in [2.75, 3.05) is 7.11 Å². The number of H-pyrrole nitrogens is 1. The Hall–Kier alpha value is -3.35. The largest absolute Gasteiger partial charge is 0.467 e. The van der Waals surface area contributed by atoms with Gasteiger partial charge in [-0.15, -0.1) is 0 Å². The lowest BCUT2D eigenvalue weighted by atomic mass is 10.0. The molecule has 3 aromatic rings. The van der Waals surface area contributed by atoms with Crippen LogP contribution in [-0.2, 0) is 22.5 Å². The predicted octanol–water partition coefficient (Wildman–Crippen LogP) is 3.26. The summed E-state index contributed by atoms with van der Waals surface area (Å²) in [6.45, 7) is 6.36. The van der Waals surface area contributed by atoms with E-state index in [4.69, 9.17) is 4.74 Å². The number of pyridine rings is 1. The first-order chi connectivity index (χ1) is 14.9. The van der Waals surface area contributed by atoms with Crippen LogP contribution in [0.1, 0.15) is 46.9 Å². The van der Waals surface area contributed by atoms with Gasteiger partial charge in [0.15, 0.2) is 0 Å². The summed E-state index contributed by atoms with van der Waals surface area (Å²) in [6, 6.07) is 8.41. The molecule has 0 radical (unpaired) electrons. The van der Waals surface area contributed by atoms with Gasteiger partial charge in [0.2, 0.25) is 0 Å². The van der Waals surface area contributed by atoms with Crippen LogP contribution in [0, 0.1) is 13.8 Å². The molecule has 0 bridgehead atoms. The second-order valence-corrected chi connectivity index (χ2v) is 7.75. The number of hydrogen-bond acceptors (Lipinski definition) is 4. The summed E-state index contributed by atoms with van der Waals surface area (Å²) in [5.74, 6) is -1.14. The van der Waals surface area contributed by atoms with E-state index < -0.39 is 17.9 Å². The fraction of sp³-hybridized carbons (Fsp3) is 0.375. The third-order valence-corrected chi connectivity index (χ3v) is 5.68. The zero-order valence-electron chi connectivity index (χ0n) is 18.5. The topological polar surface area (TPSA) is 93.2 Å². The van der Waals surface area contributed by atoms with Crippen LogP contribution >= 0.6 is 0 Å². The molecule has 2 aromatic heterocycles. The number of hydrogen-bond donors (Lipinski definition) is 2. The van der Waals surface area contributed by atoms with Gasteiger partial charge in [0.25, 0.3) is 11.5 Å². The van der Waals surface area contributed by atoms with E-state index in [9.17, 15) is 14.4 Å². The first-order valence-electron chi connectivity index (χ1n) is 10.5. The first-order valence-corrected chi connectivity index (χ1v) is 10.5. The number of nitrogens with one attached hydrogen (secondary N) is 2. The molecule has 3 rings (SSSR count). The number of methoxy groups -OCH3 is 1. The average Bonchev–Trinajstić information content (AvgIpc) is 3.18. The molecule has 1 amide bonds. The first kappa shape index (κ1) is 22.3. The fourth-order valence-electron chi connectivity index (χ4n) is 3.73. The summed E-state index contributed by atoms with van der Waals surface area (Å²) in [5.41, 5.74) is 3.22. The van der Waals surface area contributed by atoms with Gasteiger partial charge in [-0.2, -0.15) is 0 Å². The summed E-state index contributed by atoms with van der Waals surface area (Å²) in [4.78, 5) is 41.6. The molecule has 1 aromatic carbocycles. The van der Waals surface area contributed by atoms with Crippen molar-refractivity contribution in [3.8, 4) is 0 Å². The standard InChI is InChI=1S/C24H29N3O4/c1-5-6-11-27-16(3)15(2)12-19(23(27)29)22(28)26-21(24(30)31-4)13-17-14-25-20-10-8-7-9-18(17)20/h7-10,12,14,21,25H,5-6,11,13H2,1-4H3,(H,26,28)/t21-/m0/s1. The lowest BCUT2D eigenvalue weighted by Gasteiger charge is -2.18. The number of aromatic amines is 1. The Morgan fingerprint density at radius 1 is 1.23 bits per heavy atom. The number of rotatable bonds is 8. The number of carbonyl (C=O) groups excluding carboxylic acids is 2. The molecule has 1 atom stereocenters. The van der Waals surface area contributed by atoms with Gasteiger partial charge in [-0.25, -0.2) is 4.79 Å². The molecular formula is C24H29N3O4. The highest BCUT2D eigenvalue weighted by Gasteiger charge is 2.26. The van der Waals surface area contributed by atoms with Gasteiger partial charge in [-0.3, -0.25) is 9.59 Å². The van der Waals surface area contributed by atoms with Crippen molar-refractivity contribution in [2.45, 2.75) is 52.6 Å². The van der Waals surface area contributed by atoms with Crippen LogP contribution in [0.4, 0.5) is 0 Å². The highest BCUT2D eigenvalue weighted by molar-refractivity contribution is 5.97. The van der Waals surface area contributed by atoms with Crippen LogP contribution in [0.5, 0.6) is 0 Å². The van der Waals surface area contributed by atoms with Crippen molar-refractivity contribution in [1.82, 2.24) is 14.9 Å². The summed E-state index contributed by atoms with van der Waals surface area (Å²) in [6.07, 6.45) is 3.85. The molecule has 0 aliphatic carbocycles. The predicted molar refractivity (Wildman–Crippen MR) is 120 cm³/mol. The molecule has 0 fully saturated rings. The van der Waals surface area contributed by atoms with Crippen molar-refractivity contribution in [3.05, 3.63) is 69.3 Å². The van der Waals surface area contributed by atoms with E-state index in [2.05, 4.69) is 17.2 Å².